The van der Waals surface area contributed by atoms with Gasteiger partial charge in [-0.25, -0.2) is 0 Å². The fourth-order valence-corrected chi connectivity index (χ4v) is 4.84. The van der Waals surface area contributed by atoms with Crippen LogP contribution < -0.4 is 21.5 Å². The van der Waals surface area contributed by atoms with E-state index < -0.39 is 16.6 Å². The molecule has 0 saturated heterocycles. The number of benzene rings is 3. The van der Waals surface area contributed by atoms with Crippen LogP contribution in [0.2, 0.25) is 0 Å². The molecule has 0 saturated carbocycles. The number of anilines is 2. The third-order valence-corrected chi connectivity index (χ3v) is 6.78. The van der Waals surface area contributed by atoms with Crippen LogP contribution in [0.15, 0.2) is 100 Å². The van der Waals surface area contributed by atoms with Gasteiger partial charge in [0.15, 0.2) is 5.75 Å². The minimum absolute atomic E-state index is 0.0360. The van der Waals surface area contributed by atoms with Crippen LogP contribution in [0.1, 0.15) is 37.4 Å². The van der Waals surface area contributed by atoms with E-state index in [-0.39, 0.29) is 17.3 Å². The minimum atomic E-state index is -0.840. The van der Waals surface area contributed by atoms with Crippen LogP contribution in [0.4, 0.5) is 11.4 Å². The Morgan fingerprint density at radius 1 is 1.00 bits per heavy atom. The van der Waals surface area contributed by atoms with Gasteiger partial charge in [-0.05, 0) is 66.3 Å². The lowest BCUT2D eigenvalue weighted by molar-refractivity contribution is 0.389. The van der Waals surface area contributed by atoms with E-state index in [4.69, 9.17) is 0 Å². The molecular formula is C30H28N2O3. The van der Waals surface area contributed by atoms with Crippen molar-refractivity contribution in [2.24, 2.45) is 0 Å². The summed E-state index contributed by atoms with van der Waals surface area (Å²) in [6.07, 6.45) is 8.32. The molecule has 5 rings (SSSR count). The molecule has 1 aliphatic rings. The number of fused-ring (bicyclic) bond motifs is 1. The fraction of sp³-hybridized carbons (Fsp3) is 0.200. The molecule has 35 heavy (non-hydrogen) atoms. The first-order valence-corrected chi connectivity index (χ1v) is 11.8. The lowest BCUT2D eigenvalue weighted by Crippen LogP contribution is -2.42. The number of nitrogens with one attached hydrogen (secondary N) is 2. The van der Waals surface area contributed by atoms with Gasteiger partial charge in [-0.2, -0.15) is 0 Å². The largest absolute Gasteiger partial charge is 0.502 e. The Balaban J connectivity index is 1.25. The molecule has 0 spiro atoms. The van der Waals surface area contributed by atoms with Gasteiger partial charge in [0.2, 0.25) is 0 Å². The van der Waals surface area contributed by atoms with Crippen molar-refractivity contribution in [1.82, 2.24) is 5.32 Å². The Labute approximate surface area is 204 Å². The molecule has 1 aliphatic carbocycles. The second-order valence-corrected chi connectivity index (χ2v) is 9.55. The molecule has 5 nitrogen and oxygen atoms in total. The zero-order valence-electron chi connectivity index (χ0n) is 19.8. The van der Waals surface area contributed by atoms with Crippen molar-refractivity contribution in [2.45, 2.75) is 38.3 Å². The predicted molar refractivity (Wildman–Crippen MR) is 142 cm³/mol. The van der Waals surface area contributed by atoms with Crippen LogP contribution in [0.5, 0.6) is 5.75 Å². The summed E-state index contributed by atoms with van der Waals surface area (Å²) in [7, 11) is 0. The number of hydrogen-bond donors (Lipinski definition) is 3. The normalized spacial score (nSPS) is 18.5. The number of allylic oxidation sites excluding steroid dienone is 2. The summed E-state index contributed by atoms with van der Waals surface area (Å²) >= 11 is 0. The number of aromatic hydroxyl groups is 1. The van der Waals surface area contributed by atoms with E-state index in [2.05, 4.69) is 85.2 Å². The maximum Gasteiger partial charge on any atom is 0.271 e. The van der Waals surface area contributed by atoms with Crippen molar-refractivity contribution >= 4 is 22.1 Å². The van der Waals surface area contributed by atoms with E-state index in [0.717, 1.165) is 18.4 Å². The van der Waals surface area contributed by atoms with Gasteiger partial charge in [-0.3, -0.25) is 9.59 Å². The van der Waals surface area contributed by atoms with E-state index in [1.165, 1.54) is 21.9 Å². The molecule has 0 aromatic heterocycles. The van der Waals surface area contributed by atoms with Gasteiger partial charge >= 0.3 is 0 Å². The van der Waals surface area contributed by atoms with Crippen LogP contribution in [0, 0.1) is 0 Å². The molecular weight excluding hydrogens is 436 g/mol. The van der Waals surface area contributed by atoms with Gasteiger partial charge in [0.05, 0.1) is 0 Å². The van der Waals surface area contributed by atoms with Gasteiger partial charge < -0.3 is 15.7 Å². The average Bonchev–Trinajstić information content (AvgIpc) is 2.88. The summed E-state index contributed by atoms with van der Waals surface area (Å²) in [4.78, 5) is 22.8. The summed E-state index contributed by atoms with van der Waals surface area (Å²) in [6.45, 7) is 4.44. The van der Waals surface area contributed by atoms with Crippen LogP contribution in [-0.4, -0.2) is 10.6 Å². The maximum absolute atomic E-state index is 11.6. The van der Waals surface area contributed by atoms with Gasteiger partial charge in [-0.15, -0.1) is 0 Å². The Hall–Kier alpha value is -3.96. The molecule has 5 heteroatoms. The van der Waals surface area contributed by atoms with E-state index in [1.807, 2.05) is 18.2 Å². The first-order valence-electron chi connectivity index (χ1n) is 11.8. The molecule has 2 atom stereocenters. The van der Waals surface area contributed by atoms with Crippen molar-refractivity contribution in [1.29, 1.82) is 0 Å². The Morgan fingerprint density at radius 3 is 2.54 bits per heavy atom. The fourth-order valence-electron chi connectivity index (χ4n) is 4.84. The lowest BCUT2D eigenvalue weighted by Gasteiger charge is -2.33. The van der Waals surface area contributed by atoms with Gasteiger partial charge in [0.1, 0.15) is 5.69 Å². The van der Waals surface area contributed by atoms with Crippen molar-refractivity contribution in [2.75, 3.05) is 5.32 Å². The smallest absolute Gasteiger partial charge is 0.271 e. The second-order valence-electron chi connectivity index (χ2n) is 9.55. The maximum atomic E-state index is 11.6. The zero-order valence-corrected chi connectivity index (χ0v) is 19.8. The lowest BCUT2D eigenvalue weighted by atomic mass is 9.87. The third kappa shape index (κ3) is 4.55. The summed E-state index contributed by atoms with van der Waals surface area (Å²) in [5, 5.41) is 18.8. The zero-order chi connectivity index (χ0) is 24.6. The third-order valence-electron chi connectivity index (χ3n) is 6.78. The molecule has 3 N–H and O–H groups in total. The molecule has 4 aromatic carbocycles. The van der Waals surface area contributed by atoms with Crippen molar-refractivity contribution in [3.8, 4) is 5.75 Å². The molecule has 0 bridgehead atoms. The topological polar surface area (TPSA) is 78.4 Å². The quantitative estimate of drug-likeness (QED) is 0.318. The highest BCUT2D eigenvalue weighted by atomic mass is 16.3. The predicted octanol–water partition coefficient (Wildman–Crippen LogP) is 5.42. The number of hydrogen-bond acceptors (Lipinski definition) is 5. The standard InChI is InChI=1S/C30H28N2O3/c1-19(24-12-6-9-22-8-3-4-11-25(22)24)32-30(2)15-13-20(14-16-30)17-21-7-5-10-23(18-21)31-26-27(33)29(35)28(26)34/h3-15,18-19,31-33H,16-17H2,1-2H3. The first-order chi connectivity index (χ1) is 16.8. The molecule has 4 aromatic rings. The van der Waals surface area contributed by atoms with Gasteiger partial charge in [0.25, 0.3) is 10.9 Å². The molecule has 0 heterocycles. The van der Waals surface area contributed by atoms with Gasteiger partial charge in [-0.1, -0.05) is 72.8 Å². The second kappa shape index (κ2) is 9.01. The van der Waals surface area contributed by atoms with Crippen LogP contribution in [-0.2, 0) is 6.42 Å². The van der Waals surface area contributed by atoms with E-state index >= 15 is 0 Å². The summed E-state index contributed by atoms with van der Waals surface area (Å²) < 4.78 is 0. The van der Waals surface area contributed by atoms with E-state index in [0.29, 0.717) is 5.69 Å². The highest BCUT2D eigenvalue weighted by molar-refractivity contribution is 5.86. The highest BCUT2D eigenvalue weighted by Gasteiger charge is 2.25. The van der Waals surface area contributed by atoms with E-state index in [1.54, 1.807) is 6.07 Å². The minimum Gasteiger partial charge on any atom is -0.502 e. The first kappa shape index (κ1) is 22.8. The molecule has 176 valence electrons. The van der Waals surface area contributed by atoms with E-state index in [9.17, 15) is 14.7 Å². The van der Waals surface area contributed by atoms with Crippen molar-refractivity contribution in [3.05, 3.63) is 122 Å². The summed E-state index contributed by atoms with van der Waals surface area (Å²) in [5.41, 5.74) is 2.55. The van der Waals surface area contributed by atoms with Gasteiger partial charge in [0, 0.05) is 17.3 Å². The molecule has 0 radical (unpaired) electrons. The monoisotopic (exact) mass is 464 g/mol. The average molecular weight is 465 g/mol. The Kier molecular flexibility index (Phi) is 5.87. The summed E-state index contributed by atoms with van der Waals surface area (Å²) in [5.74, 6) is -0.497. The Bertz CT molecular complexity index is 1540. The number of rotatable bonds is 7. The molecule has 2 unspecified atom stereocenters. The van der Waals surface area contributed by atoms with Crippen LogP contribution in [0.3, 0.4) is 0 Å². The Morgan fingerprint density at radius 2 is 1.77 bits per heavy atom. The van der Waals surface area contributed by atoms with Crippen molar-refractivity contribution < 1.29 is 5.11 Å². The molecule has 0 amide bonds. The van der Waals surface area contributed by atoms with Crippen LogP contribution in [0.25, 0.3) is 10.8 Å². The van der Waals surface area contributed by atoms with Crippen molar-refractivity contribution in [3.63, 3.8) is 0 Å². The summed E-state index contributed by atoms with van der Waals surface area (Å²) in [6, 6.07) is 22.8. The molecule has 0 fully saturated rings. The SMILES string of the molecule is CC(NC1(C)C=CC(Cc2cccc(Nc3c(O)c(=O)c3=O)c2)=CC1)c1cccc2ccccc12. The molecule has 0 aliphatic heterocycles. The van der Waals surface area contributed by atoms with Crippen LogP contribution >= 0.6 is 0 Å². The highest BCUT2D eigenvalue weighted by Crippen LogP contribution is 2.30.